The van der Waals surface area contributed by atoms with Crippen molar-refractivity contribution in [1.29, 1.82) is 0 Å². The second kappa shape index (κ2) is 17.5. The van der Waals surface area contributed by atoms with Crippen LogP contribution in [0.1, 0.15) is 7.43 Å². The minimum atomic E-state index is 0. The van der Waals surface area contributed by atoms with Gasteiger partial charge in [-0.2, -0.15) is 0 Å². The number of hydrogen-bond acceptors (Lipinski definition) is 3. The van der Waals surface area contributed by atoms with E-state index in [1.807, 2.05) is 0 Å². The first-order valence-corrected chi connectivity index (χ1v) is 24.3. The zero-order valence-electron chi connectivity index (χ0n) is 38.7. The topological polar surface area (TPSA) is 15.7 Å². The van der Waals surface area contributed by atoms with E-state index in [1.165, 1.54) is 48.7 Å². The molecule has 0 spiro atoms. The van der Waals surface area contributed by atoms with E-state index in [4.69, 9.17) is 4.74 Å². The Bertz CT molecular complexity index is 4220. The number of fused-ring (bicyclic) bond motifs is 8. The maximum absolute atomic E-state index is 7.12. The first-order valence-electron chi connectivity index (χ1n) is 24.3. The van der Waals surface area contributed by atoms with Crippen molar-refractivity contribution in [2.75, 3.05) is 9.80 Å². The van der Waals surface area contributed by atoms with Crippen LogP contribution in [-0.2, 0) is 0 Å². The lowest BCUT2D eigenvalue weighted by Crippen LogP contribution is -2.12. The summed E-state index contributed by atoms with van der Waals surface area (Å²) in [4.78, 5) is 4.84. The van der Waals surface area contributed by atoms with Crippen molar-refractivity contribution in [1.82, 2.24) is 0 Å². The van der Waals surface area contributed by atoms with Gasteiger partial charge >= 0.3 is 0 Å². The van der Waals surface area contributed by atoms with E-state index in [2.05, 4.69) is 277 Å². The molecule has 3 nitrogen and oxygen atoms in total. The molecule has 0 aromatic heterocycles. The van der Waals surface area contributed by atoms with E-state index >= 15 is 0 Å². The monoisotopic (exact) mass is 920 g/mol. The predicted octanol–water partition coefficient (Wildman–Crippen LogP) is 20.1. The van der Waals surface area contributed by atoms with Gasteiger partial charge in [0.05, 0.1) is 17.1 Å². The Hall–Kier alpha value is -9.44. The molecule has 0 saturated carbocycles. The largest absolute Gasteiger partial charge is 0.456 e. The SMILES string of the molecule is C.c1ccc(-c2ccccc2N(c2ccc3c(c2)Oc2cccc4c2c-3cc2c3ccccc3c(N(c3ccc5ccccc5c3)c3ccccc3-c3ccccc3)cc42)c2ccc3ccccc3c2)cc1. The third-order valence-corrected chi connectivity index (χ3v) is 14.4. The van der Waals surface area contributed by atoms with Crippen molar-refractivity contribution < 1.29 is 4.74 Å². The summed E-state index contributed by atoms with van der Waals surface area (Å²) >= 11 is 0. The van der Waals surface area contributed by atoms with Gasteiger partial charge in [0.2, 0.25) is 0 Å². The maximum atomic E-state index is 7.12. The van der Waals surface area contributed by atoms with E-state index in [1.54, 1.807) is 0 Å². The molecular weight excluding hydrogens is 873 g/mol. The van der Waals surface area contributed by atoms with Crippen molar-refractivity contribution in [2.24, 2.45) is 0 Å². The zero-order chi connectivity index (χ0) is 46.8. The van der Waals surface area contributed by atoms with Gasteiger partial charge in [-0.15, -0.1) is 0 Å². The van der Waals surface area contributed by atoms with Gasteiger partial charge in [-0.3, -0.25) is 0 Å². The number of ether oxygens (including phenoxy) is 1. The highest BCUT2D eigenvalue weighted by Gasteiger charge is 2.27. The molecular formula is C69H48N2O. The minimum Gasteiger partial charge on any atom is -0.456 e. The summed E-state index contributed by atoms with van der Waals surface area (Å²) in [7, 11) is 0. The molecule has 0 N–H and O–H groups in total. The van der Waals surface area contributed by atoms with E-state index in [0.717, 1.165) is 84.2 Å². The van der Waals surface area contributed by atoms with Gasteiger partial charge in [-0.05, 0) is 127 Å². The van der Waals surface area contributed by atoms with E-state index in [-0.39, 0.29) is 7.43 Å². The van der Waals surface area contributed by atoms with Crippen LogP contribution in [0, 0.1) is 0 Å². The van der Waals surface area contributed by atoms with Gasteiger partial charge in [0, 0.05) is 50.6 Å². The van der Waals surface area contributed by atoms with Crippen LogP contribution < -0.4 is 14.5 Å². The van der Waals surface area contributed by atoms with Crippen LogP contribution >= 0.6 is 0 Å². The number of rotatable bonds is 8. The average molecular weight is 921 g/mol. The Labute approximate surface area is 419 Å². The Kier molecular flexibility index (Phi) is 10.4. The molecule has 0 atom stereocenters. The van der Waals surface area contributed by atoms with Gasteiger partial charge < -0.3 is 14.5 Å². The highest BCUT2D eigenvalue weighted by atomic mass is 16.5. The first-order chi connectivity index (χ1) is 35.2. The Morgan fingerprint density at radius 2 is 0.736 bits per heavy atom. The summed E-state index contributed by atoms with van der Waals surface area (Å²) in [6, 6.07) is 96.7. The molecule has 13 aromatic carbocycles. The molecule has 3 heteroatoms. The van der Waals surface area contributed by atoms with Crippen LogP contribution in [0.3, 0.4) is 0 Å². The van der Waals surface area contributed by atoms with Crippen LogP contribution in [0.15, 0.2) is 267 Å². The number of benzene rings is 13. The average Bonchev–Trinajstić information content (AvgIpc) is 3.44. The van der Waals surface area contributed by atoms with Crippen LogP contribution in [0.4, 0.5) is 34.1 Å². The standard InChI is InChI=1S/C68H44N2O.CH4/c1-3-20-47(21-4-1)54-26-13-15-31-63(54)69(51-36-34-45-18-7-9-24-49(45)40-51)53-38-39-58-62-43-60-56-28-11-12-29-57(56)65(44-61(60)59-30-17-33-66(68(59)62)71-67(58)42-53)70(52-37-35-46-19-8-10-25-50(46)41-52)64-32-16-14-27-55(64)48-22-5-2-6-23-48;/h1-44H;1H4. The second-order valence-corrected chi connectivity index (χ2v) is 18.4. The normalized spacial score (nSPS) is 11.6. The summed E-state index contributed by atoms with van der Waals surface area (Å²) in [5.74, 6) is 1.67. The van der Waals surface area contributed by atoms with Crippen LogP contribution in [0.25, 0.3) is 87.2 Å². The fourth-order valence-corrected chi connectivity index (χ4v) is 11.1. The predicted molar refractivity (Wildman–Crippen MR) is 306 cm³/mol. The molecule has 1 heterocycles. The smallest absolute Gasteiger partial charge is 0.137 e. The van der Waals surface area contributed by atoms with E-state index in [9.17, 15) is 0 Å². The molecule has 0 aliphatic carbocycles. The molecule has 1 aliphatic heterocycles. The molecule has 0 fully saturated rings. The second-order valence-electron chi connectivity index (χ2n) is 18.4. The zero-order valence-corrected chi connectivity index (χ0v) is 38.7. The number of hydrogen-bond donors (Lipinski definition) is 0. The summed E-state index contributed by atoms with van der Waals surface area (Å²) in [5.41, 5.74) is 13.4. The molecule has 340 valence electrons. The molecule has 72 heavy (non-hydrogen) atoms. The molecule has 0 amide bonds. The molecule has 1 aliphatic rings. The number of nitrogens with zero attached hydrogens (tertiary/aromatic N) is 2. The molecule has 0 radical (unpaired) electrons. The Morgan fingerprint density at radius 3 is 1.39 bits per heavy atom. The fourth-order valence-electron chi connectivity index (χ4n) is 11.1. The third kappa shape index (κ3) is 7.05. The maximum Gasteiger partial charge on any atom is 0.137 e. The summed E-state index contributed by atoms with van der Waals surface area (Å²) < 4.78 is 7.12. The summed E-state index contributed by atoms with van der Waals surface area (Å²) in [6.45, 7) is 0. The van der Waals surface area contributed by atoms with Crippen molar-refractivity contribution >= 4 is 88.0 Å². The van der Waals surface area contributed by atoms with Crippen LogP contribution in [-0.4, -0.2) is 0 Å². The molecule has 13 aromatic rings. The summed E-state index contributed by atoms with van der Waals surface area (Å²) in [5, 5.41) is 11.8. The van der Waals surface area contributed by atoms with Crippen molar-refractivity contribution in [3.8, 4) is 44.9 Å². The third-order valence-electron chi connectivity index (χ3n) is 14.4. The number of anilines is 6. The lowest BCUT2D eigenvalue weighted by molar-refractivity contribution is 0.487. The minimum absolute atomic E-state index is 0. The van der Waals surface area contributed by atoms with Crippen molar-refractivity contribution in [3.63, 3.8) is 0 Å². The van der Waals surface area contributed by atoms with Crippen molar-refractivity contribution in [2.45, 2.75) is 7.43 Å². The first kappa shape index (κ1) is 42.6. The van der Waals surface area contributed by atoms with Gasteiger partial charge in [0.15, 0.2) is 0 Å². The lowest BCUT2D eigenvalue weighted by atomic mass is 9.88. The molecule has 0 unspecified atom stereocenters. The van der Waals surface area contributed by atoms with Crippen molar-refractivity contribution in [3.05, 3.63) is 267 Å². The molecule has 0 saturated heterocycles. The quantitative estimate of drug-likeness (QED) is 0.141. The van der Waals surface area contributed by atoms with E-state index in [0.29, 0.717) is 0 Å². The molecule has 14 rings (SSSR count). The lowest BCUT2D eigenvalue weighted by Gasteiger charge is -2.31. The van der Waals surface area contributed by atoms with Crippen LogP contribution in [0.2, 0.25) is 0 Å². The fraction of sp³-hybridized carbons (Fsp3) is 0.0145. The van der Waals surface area contributed by atoms with Gasteiger partial charge in [-0.1, -0.05) is 202 Å². The van der Waals surface area contributed by atoms with E-state index < -0.39 is 0 Å². The van der Waals surface area contributed by atoms with Gasteiger partial charge in [0.1, 0.15) is 11.5 Å². The van der Waals surface area contributed by atoms with Gasteiger partial charge in [-0.25, -0.2) is 0 Å². The molecule has 0 bridgehead atoms. The number of para-hydroxylation sites is 2. The summed E-state index contributed by atoms with van der Waals surface area (Å²) in [6.07, 6.45) is 0. The van der Waals surface area contributed by atoms with Crippen LogP contribution in [0.5, 0.6) is 11.5 Å². The highest BCUT2D eigenvalue weighted by molar-refractivity contribution is 6.26. The Morgan fingerprint density at radius 1 is 0.250 bits per heavy atom. The highest BCUT2D eigenvalue weighted by Crippen LogP contribution is 2.54. The Balaban J connectivity index is 0.00000504. The van der Waals surface area contributed by atoms with Gasteiger partial charge in [0.25, 0.3) is 0 Å².